The summed E-state index contributed by atoms with van der Waals surface area (Å²) in [7, 11) is -3.51. The zero-order chi connectivity index (χ0) is 16.9. The van der Waals surface area contributed by atoms with Gasteiger partial charge in [-0.05, 0) is 43.9 Å². The Hall–Kier alpha value is -1.66. The molecule has 2 aromatic rings. The van der Waals surface area contributed by atoms with Gasteiger partial charge in [0, 0.05) is 18.9 Å². The van der Waals surface area contributed by atoms with Crippen LogP contribution in [0.2, 0.25) is 0 Å². The number of benzene rings is 1. The van der Waals surface area contributed by atoms with Gasteiger partial charge in [0.2, 0.25) is 10.0 Å². The number of rotatable bonds is 3. The Labute approximate surface area is 142 Å². The zero-order valence-electron chi connectivity index (χ0n) is 14.1. The molecule has 6 heteroatoms. The largest absolute Gasteiger partial charge is 0.445 e. The number of hydrogen-bond acceptors (Lipinski definition) is 4. The van der Waals surface area contributed by atoms with Crippen molar-refractivity contribution in [3.05, 3.63) is 46.7 Å². The first-order chi connectivity index (χ1) is 11.4. The molecule has 0 atom stereocenters. The van der Waals surface area contributed by atoms with Crippen LogP contribution in [0.1, 0.15) is 53.7 Å². The highest BCUT2D eigenvalue weighted by atomic mass is 32.2. The average molecular weight is 346 g/mol. The van der Waals surface area contributed by atoms with E-state index in [1.807, 2.05) is 26.0 Å². The number of aryl methyl sites for hydroxylation is 2. The maximum absolute atomic E-state index is 13.0. The summed E-state index contributed by atoms with van der Waals surface area (Å²) in [6, 6.07) is 5.55. The van der Waals surface area contributed by atoms with E-state index in [9.17, 15) is 8.42 Å². The van der Waals surface area contributed by atoms with Gasteiger partial charge in [-0.15, -0.1) is 0 Å². The van der Waals surface area contributed by atoms with Crippen LogP contribution in [0.3, 0.4) is 0 Å². The molecule has 1 fully saturated rings. The van der Waals surface area contributed by atoms with Gasteiger partial charge >= 0.3 is 0 Å². The molecule has 0 amide bonds. The van der Waals surface area contributed by atoms with Crippen LogP contribution in [0.15, 0.2) is 27.5 Å². The Morgan fingerprint density at radius 2 is 2.04 bits per heavy atom. The number of hydrogen-bond donors (Lipinski definition) is 0. The zero-order valence-corrected chi connectivity index (χ0v) is 14.9. The van der Waals surface area contributed by atoms with E-state index in [2.05, 4.69) is 4.98 Å². The first-order valence-corrected chi connectivity index (χ1v) is 9.95. The minimum absolute atomic E-state index is 0.307. The molecule has 2 aliphatic rings. The van der Waals surface area contributed by atoms with Gasteiger partial charge in [-0.2, -0.15) is 4.31 Å². The minimum atomic E-state index is -3.51. The molecule has 1 aliphatic heterocycles. The Bertz CT molecular complexity index is 882. The van der Waals surface area contributed by atoms with Crippen LogP contribution in [0.25, 0.3) is 0 Å². The molecule has 24 heavy (non-hydrogen) atoms. The fourth-order valence-electron chi connectivity index (χ4n) is 3.35. The first-order valence-electron chi connectivity index (χ1n) is 8.51. The van der Waals surface area contributed by atoms with E-state index in [1.165, 1.54) is 10.7 Å². The van der Waals surface area contributed by atoms with Crippen LogP contribution in [0.5, 0.6) is 0 Å². The fourth-order valence-corrected chi connectivity index (χ4v) is 5.07. The fraction of sp³-hybridized carbons (Fsp3) is 0.500. The van der Waals surface area contributed by atoms with Crippen LogP contribution in [-0.4, -0.2) is 24.3 Å². The smallest absolute Gasteiger partial charge is 0.243 e. The molecule has 0 radical (unpaired) electrons. The Balaban J connectivity index is 1.63. The summed E-state index contributed by atoms with van der Waals surface area (Å²) in [5, 5.41) is 0. The van der Waals surface area contributed by atoms with E-state index in [4.69, 9.17) is 4.42 Å². The second kappa shape index (κ2) is 5.70. The SMILES string of the molecule is Cc1ccc(C)c(S(=O)(=O)N2CCc3oc(C4CCC4)nc3C2)c1. The molecule has 1 aromatic heterocycles. The third-order valence-corrected chi connectivity index (χ3v) is 7.11. The van der Waals surface area contributed by atoms with Crippen LogP contribution in [0, 0.1) is 13.8 Å². The summed E-state index contributed by atoms with van der Waals surface area (Å²) in [4.78, 5) is 4.99. The lowest BCUT2D eigenvalue weighted by Gasteiger charge is -2.25. The molecule has 0 spiro atoms. The number of fused-ring (bicyclic) bond motifs is 1. The van der Waals surface area contributed by atoms with Crippen molar-refractivity contribution in [1.82, 2.24) is 9.29 Å². The molecule has 0 saturated heterocycles. The summed E-state index contributed by atoms with van der Waals surface area (Å²) in [5.74, 6) is 2.10. The highest BCUT2D eigenvalue weighted by Gasteiger charge is 2.34. The van der Waals surface area contributed by atoms with Gasteiger partial charge in [0.1, 0.15) is 5.76 Å². The first kappa shape index (κ1) is 15.8. The lowest BCUT2D eigenvalue weighted by Crippen LogP contribution is -2.36. The molecular weight excluding hydrogens is 324 g/mol. The van der Waals surface area contributed by atoms with Crippen molar-refractivity contribution < 1.29 is 12.8 Å². The maximum atomic E-state index is 13.0. The Morgan fingerprint density at radius 3 is 2.75 bits per heavy atom. The standard InChI is InChI=1S/C18H22N2O3S/c1-12-6-7-13(2)17(10-12)24(21,22)20-9-8-16-15(11-20)19-18(23-16)14-4-3-5-14/h6-7,10,14H,3-5,8-9,11H2,1-2H3. The predicted octanol–water partition coefficient (Wildman–Crippen LogP) is 3.31. The predicted molar refractivity (Wildman–Crippen MR) is 90.3 cm³/mol. The van der Waals surface area contributed by atoms with Gasteiger partial charge in [0.15, 0.2) is 5.89 Å². The molecule has 0 unspecified atom stereocenters. The summed E-state index contributed by atoms with van der Waals surface area (Å²) in [6.45, 7) is 4.51. The highest BCUT2D eigenvalue weighted by molar-refractivity contribution is 7.89. The minimum Gasteiger partial charge on any atom is -0.445 e. The number of oxazole rings is 1. The second-order valence-electron chi connectivity index (χ2n) is 6.91. The van der Waals surface area contributed by atoms with E-state index < -0.39 is 10.0 Å². The molecule has 4 rings (SSSR count). The van der Waals surface area contributed by atoms with E-state index >= 15 is 0 Å². The van der Waals surface area contributed by atoms with Crippen molar-refractivity contribution in [2.75, 3.05) is 6.54 Å². The van der Waals surface area contributed by atoms with Gasteiger partial charge < -0.3 is 4.42 Å². The van der Waals surface area contributed by atoms with Crippen molar-refractivity contribution in [2.45, 2.75) is 56.9 Å². The van der Waals surface area contributed by atoms with Crippen LogP contribution < -0.4 is 0 Å². The van der Waals surface area contributed by atoms with Crippen molar-refractivity contribution >= 4 is 10.0 Å². The van der Waals surface area contributed by atoms with Crippen LogP contribution in [0.4, 0.5) is 0 Å². The molecule has 128 valence electrons. The third-order valence-electron chi connectivity index (χ3n) is 5.13. The molecule has 0 bridgehead atoms. The topological polar surface area (TPSA) is 63.4 Å². The molecule has 1 saturated carbocycles. The second-order valence-corrected chi connectivity index (χ2v) is 8.81. The molecular formula is C18H22N2O3S. The maximum Gasteiger partial charge on any atom is 0.243 e. The van der Waals surface area contributed by atoms with Crippen molar-refractivity contribution in [3.63, 3.8) is 0 Å². The van der Waals surface area contributed by atoms with E-state index in [1.54, 1.807) is 6.07 Å². The highest BCUT2D eigenvalue weighted by Crippen LogP contribution is 2.37. The lowest BCUT2D eigenvalue weighted by atomic mass is 9.85. The van der Waals surface area contributed by atoms with Crippen LogP contribution in [-0.2, 0) is 23.0 Å². The summed E-state index contributed by atoms with van der Waals surface area (Å²) >= 11 is 0. The van der Waals surface area contributed by atoms with Crippen LogP contribution >= 0.6 is 0 Å². The van der Waals surface area contributed by atoms with Crippen molar-refractivity contribution in [1.29, 1.82) is 0 Å². The molecule has 1 aromatic carbocycles. The monoisotopic (exact) mass is 346 g/mol. The number of sulfonamides is 1. The molecule has 1 aliphatic carbocycles. The quantitative estimate of drug-likeness (QED) is 0.855. The van der Waals surface area contributed by atoms with E-state index in [-0.39, 0.29) is 0 Å². The van der Waals surface area contributed by atoms with Gasteiger partial charge in [-0.3, -0.25) is 0 Å². The van der Waals surface area contributed by atoms with Gasteiger partial charge in [-0.25, -0.2) is 13.4 Å². The van der Waals surface area contributed by atoms with Crippen molar-refractivity contribution in [3.8, 4) is 0 Å². The molecule has 2 heterocycles. The third kappa shape index (κ3) is 2.58. The summed E-state index contributed by atoms with van der Waals surface area (Å²) < 4.78 is 33.5. The lowest BCUT2D eigenvalue weighted by molar-refractivity contribution is 0.314. The van der Waals surface area contributed by atoms with Gasteiger partial charge in [0.25, 0.3) is 0 Å². The van der Waals surface area contributed by atoms with E-state index in [0.29, 0.717) is 30.3 Å². The van der Waals surface area contributed by atoms with Gasteiger partial charge in [-0.1, -0.05) is 18.6 Å². The van der Waals surface area contributed by atoms with Gasteiger partial charge in [0.05, 0.1) is 17.1 Å². The number of nitrogens with zero attached hydrogens (tertiary/aromatic N) is 2. The molecule has 5 nitrogen and oxygen atoms in total. The Kier molecular flexibility index (Phi) is 3.77. The normalized spacial score (nSPS) is 19.1. The Morgan fingerprint density at radius 1 is 1.25 bits per heavy atom. The average Bonchev–Trinajstić information content (AvgIpc) is 2.89. The summed E-state index contributed by atoms with van der Waals surface area (Å²) in [5.41, 5.74) is 2.52. The molecule has 0 N–H and O–H groups in total. The summed E-state index contributed by atoms with van der Waals surface area (Å²) in [6.07, 6.45) is 4.08. The van der Waals surface area contributed by atoms with E-state index in [0.717, 1.165) is 41.3 Å². The van der Waals surface area contributed by atoms with Crippen molar-refractivity contribution in [2.24, 2.45) is 0 Å². The number of aromatic nitrogens is 1.